The van der Waals surface area contributed by atoms with Crippen molar-refractivity contribution in [2.75, 3.05) is 6.54 Å². The summed E-state index contributed by atoms with van der Waals surface area (Å²) in [6.45, 7) is 8.34. The van der Waals surface area contributed by atoms with Crippen LogP contribution in [0.1, 0.15) is 42.4 Å². The van der Waals surface area contributed by atoms with Crippen LogP contribution in [0.15, 0.2) is 42.5 Å². The van der Waals surface area contributed by atoms with Crippen molar-refractivity contribution < 1.29 is 4.79 Å². The topological polar surface area (TPSA) is 70.7 Å². The van der Waals surface area contributed by atoms with Crippen LogP contribution in [0.4, 0.5) is 0 Å². The van der Waals surface area contributed by atoms with Crippen molar-refractivity contribution in [1.29, 1.82) is 5.26 Å². The van der Waals surface area contributed by atoms with Crippen LogP contribution in [0.2, 0.25) is 0 Å². The number of nitriles is 1. The lowest BCUT2D eigenvalue weighted by atomic mass is 10.1. The molecule has 3 aromatic rings. The number of para-hydroxylation sites is 1. The van der Waals surface area contributed by atoms with E-state index in [0.29, 0.717) is 23.4 Å². The number of amides is 1. The summed E-state index contributed by atoms with van der Waals surface area (Å²) >= 11 is 0. The maximum Gasteiger partial charge on any atom is 0.251 e. The monoisotopic (exact) mass is 334 g/mol. The number of hydrogen-bond acceptors (Lipinski definition) is 3. The average molecular weight is 334 g/mol. The number of benzene rings is 2. The van der Waals surface area contributed by atoms with Gasteiger partial charge in [0, 0.05) is 17.5 Å². The lowest BCUT2D eigenvalue weighted by Gasteiger charge is -2.08. The molecule has 0 aliphatic heterocycles. The van der Waals surface area contributed by atoms with Gasteiger partial charge in [0.15, 0.2) is 0 Å². The summed E-state index contributed by atoms with van der Waals surface area (Å²) in [6.07, 6.45) is 0. The predicted molar refractivity (Wildman–Crippen MR) is 99.9 cm³/mol. The Morgan fingerprint density at radius 1 is 1.24 bits per heavy atom. The molecular formula is C20H22N4O. The van der Waals surface area contributed by atoms with Gasteiger partial charge >= 0.3 is 0 Å². The molecule has 0 radical (unpaired) electrons. The van der Waals surface area contributed by atoms with Gasteiger partial charge in [0.25, 0.3) is 5.91 Å². The fourth-order valence-electron chi connectivity index (χ4n) is 2.62. The molecular weight excluding hydrogens is 312 g/mol. The molecule has 0 aliphatic carbocycles. The van der Waals surface area contributed by atoms with Crippen molar-refractivity contribution >= 4 is 16.8 Å². The van der Waals surface area contributed by atoms with E-state index in [1.54, 1.807) is 22.9 Å². The molecule has 25 heavy (non-hydrogen) atoms. The highest BCUT2D eigenvalue weighted by molar-refractivity contribution is 5.95. The second-order valence-corrected chi connectivity index (χ2v) is 5.22. The van der Waals surface area contributed by atoms with E-state index < -0.39 is 0 Å². The summed E-state index contributed by atoms with van der Waals surface area (Å²) in [5.74, 6) is -0.183. The van der Waals surface area contributed by atoms with Crippen LogP contribution in [-0.2, 0) is 0 Å². The molecule has 0 aliphatic rings. The van der Waals surface area contributed by atoms with Crippen LogP contribution in [0, 0.1) is 18.3 Å². The average Bonchev–Trinajstić information content (AvgIpc) is 3.00. The minimum Gasteiger partial charge on any atom is -0.352 e. The molecule has 1 heterocycles. The third-order valence-electron chi connectivity index (χ3n) is 3.72. The van der Waals surface area contributed by atoms with Crippen LogP contribution in [0.5, 0.6) is 0 Å². The lowest BCUT2D eigenvalue weighted by molar-refractivity contribution is 0.0956. The van der Waals surface area contributed by atoms with Gasteiger partial charge in [0.05, 0.1) is 22.5 Å². The van der Waals surface area contributed by atoms with Gasteiger partial charge in [0.2, 0.25) is 0 Å². The molecule has 0 fully saturated rings. The molecule has 1 aromatic heterocycles. The molecule has 0 unspecified atom stereocenters. The third kappa shape index (κ3) is 3.53. The SMILES string of the molecule is CC.CCNC(=O)c1ccc(-n2nc(C)c3ccccc32)c(C#N)c1. The largest absolute Gasteiger partial charge is 0.352 e. The number of nitrogens with one attached hydrogen (secondary N) is 1. The number of carbonyl (C=O) groups excluding carboxylic acids is 1. The molecule has 1 N–H and O–H groups in total. The van der Waals surface area contributed by atoms with Crippen molar-refractivity contribution in [1.82, 2.24) is 15.1 Å². The third-order valence-corrected chi connectivity index (χ3v) is 3.72. The molecule has 0 atom stereocenters. The maximum atomic E-state index is 11.9. The van der Waals surface area contributed by atoms with Gasteiger partial charge in [-0.2, -0.15) is 10.4 Å². The Bertz CT molecular complexity index is 935. The highest BCUT2D eigenvalue weighted by Crippen LogP contribution is 2.24. The van der Waals surface area contributed by atoms with Gasteiger partial charge in [-0.1, -0.05) is 32.0 Å². The number of fused-ring (bicyclic) bond motifs is 1. The quantitative estimate of drug-likeness (QED) is 0.787. The minimum atomic E-state index is -0.183. The molecule has 2 aromatic carbocycles. The fourth-order valence-corrected chi connectivity index (χ4v) is 2.62. The first kappa shape index (κ1) is 18.2. The zero-order chi connectivity index (χ0) is 18.4. The summed E-state index contributed by atoms with van der Waals surface area (Å²) in [7, 11) is 0. The zero-order valence-corrected chi connectivity index (χ0v) is 15.0. The van der Waals surface area contributed by atoms with E-state index in [9.17, 15) is 10.1 Å². The molecule has 5 nitrogen and oxygen atoms in total. The number of rotatable bonds is 3. The Kier molecular flexibility index (Phi) is 5.91. The van der Waals surface area contributed by atoms with Gasteiger partial charge < -0.3 is 5.32 Å². The van der Waals surface area contributed by atoms with Crippen LogP contribution in [0.25, 0.3) is 16.6 Å². The number of aryl methyl sites for hydroxylation is 1. The van der Waals surface area contributed by atoms with Gasteiger partial charge in [-0.05, 0) is 38.1 Å². The summed E-state index contributed by atoms with van der Waals surface area (Å²) in [5, 5.41) is 17.8. The van der Waals surface area contributed by atoms with Gasteiger partial charge in [-0.3, -0.25) is 4.79 Å². The fraction of sp³-hybridized carbons (Fsp3) is 0.250. The summed E-state index contributed by atoms with van der Waals surface area (Å²) in [6, 6.07) is 15.1. The minimum absolute atomic E-state index is 0.183. The van der Waals surface area contributed by atoms with E-state index in [1.165, 1.54) is 0 Å². The molecule has 1 amide bonds. The standard InChI is InChI=1S/C18H16N4O.C2H6/c1-3-20-18(23)13-8-9-16(14(10-13)11-19)22-17-7-5-4-6-15(17)12(2)21-22;1-2/h4-10H,3H2,1-2H3,(H,20,23);1-2H3. The second kappa shape index (κ2) is 8.11. The highest BCUT2D eigenvalue weighted by atomic mass is 16.1. The number of carbonyl (C=O) groups is 1. The summed E-state index contributed by atoms with van der Waals surface area (Å²) in [4.78, 5) is 11.9. The second-order valence-electron chi connectivity index (χ2n) is 5.22. The Balaban J connectivity index is 0.00000109. The van der Waals surface area contributed by atoms with Crippen LogP contribution in [-0.4, -0.2) is 22.2 Å². The first-order chi connectivity index (χ1) is 12.2. The zero-order valence-electron chi connectivity index (χ0n) is 15.0. The molecule has 5 heteroatoms. The lowest BCUT2D eigenvalue weighted by Crippen LogP contribution is -2.22. The van der Waals surface area contributed by atoms with E-state index in [2.05, 4.69) is 16.5 Å². The predicted octanol–water partition coefficient (Wildman–Crippen LogP) is 3.98. The first-order valence-electron chi connectivity index (χ1n) is 8.42. The van der Waals surface area contributed by atoms with Crippen LogP contribution >= 0.6 is 0 Å². The number of aromatic nitrogens is 2. The van der Waals surface area contributed by atoms with Gasteiger partial charge in [-0.15, -0.1) is 0 Å². The van der Waals surface area contributed by atoms with Crippen molar-refractivity contribution in [2.24, 2.45) is 0 Å². The van der Waals surface area contributed by atoms with E-state index in [0.717, 1.165) is 16.6 Å². The Labute approximate surface area is 147 Å². The van der Waals surface area contributed by atoms with Crippen molar-refractivity contribution in [2.45, 2.75) is 27.7 Å². The Hall–Kier alpha value is -3.13. The van der Waals surface area contributed by atoms with Crippen molar-refractivity contribution in [3.05, 3.63) is 59.3 Å². The number of hydrogen-bond donors (Lipinski definition) is 1. The number of nitrogens with zero attached hydrogens (tertiary/aromatic N) is 3. The maximum absolute atomic E-state index is 11.9. The Morgan fingerprint density at radius 3 is 2.64 bits per heavy atom. The van der Waals surface area contributed by atoms with Crippen molar-refractivity contribution in [3.63, 3.8) is 0 Å². The summed E-state index contributed by atoms with van der Waals surface area (Å²) in [5.41, 5.74) is 3.40. The normalized spacial score (nSPS) is 9.88. The molecule has 128 valence electrons. The van der Waals surface area contributed by atoms with Gasteiger partial charge in [-0.25, -0.2) is 4.68 Å². The van der Waals surface area contributed by atoms with E-state index >= 15 is 0 Å². The first-order valence-corrected chi connectivity index (χ1v) is 8.42. The molecule has 0 saturated carbocycles. The Morgan fingerprint density at radius 2 is 1.96 bits per heavy atom. The molecule has 3 rings (SSSR count). The van der Waals surface area contributed by atoms with Gasteiger partial charge in [0.1, 0.15) is 6.07 Å². The smallest absolute Gasteiger partial charge is 0.251 e. The molecule has 0 saturated heterocycles. The van der Waals surface area contributed by atoms with Crippen LogP contribution < -0.4 is 5.32 Å². The van der Waals surface area contributed by atoms with E-state index in [-0.39, 0.29) is 5.91 Å². The van der Waals surface area contributed by atoms with Crippen molar-refractivity contribution in [3.8, 4) is 11.8 Å². The molecule has 0 bridgehead atoms. The summed E-state index contributed by atoms with van der Waals surface area (Å²) < 4.78 is 1.75. The van der Waals surface area contributed by atoms with E-state index in [4.69, 9.17) is 0 Å². The molecule has 0 spiro atoms. The van der Waals surface area contributed by atoms with Crippen LogP contribution in [0.3, 0.4) is 0 Å². The van der Waals surface area contributed by atoms with E-state index in [1.807, 2.05) is 52.0 Å². The highest BCUT2D eigenvalue weighted by Gasteiger charge is 2.14.